The molecule has 3 amide bonds. The van der Waals surface area contributed by atoms with Gasteiger partial charge in [-0.3, -0.25) is 9.35 Å². The zero-order valence-corrected chi connectivity index (χ0v) is 13.8. The van der Waals surface area contributed by atoms with Gasteiger partial charge in [-0.15, -0.1) is 4.28 Å². The summed E-state index contributed by atoms with van der Waals surface area (Å²) >= 11 is 0. The monoisotopic (exact) mass is 375 g/mol. The maximum absolute atomic E-state index is 12.3. The molecule has 2 aliphatic heterocycles. The van der Waals surface area contributed by atoms with Gasteiger partial charge >= 0.3 is 16.4 Å². The third kappa shape index (κ3) is 3.58. The lowest BCUT2D eigenvalue weighted by molar-refractivity contribution is -0.0317. The number of urea groups is 1. The predicted molar refractivity (Wildman–Crippen MR) is 80.2 cm³/mol. The Bertz CT molecular complexity index is 779. The second-order valence-corrected chi connectivity index (χ2v) is 6.68. The molecule has 2 fully saturated rings. The molecule has 0 unspecified atom stereocenters. The van der Waals surface area contributed by atoms with E-state index >= 15 is 0 Å². The number of hydrogen-bond donors (Lipinski definition) is 3. The average molecular weight is 375 g/mol. The minimum Gasteiger partial charge on any atom is -0.351 e. The number of nitrogens with two attached hydrogens (primary N) is 1. The first kappa shape index (κ1) is 17.6. The largest absolute Gasteiger partial charge is 0.418 e. The van der Waals surface area contributed by atoms with Crippen LogP contribution in [0.5, 0.6) is 0 Å². The van der Waals surface area contributed by atoms with E-state index in [0.717, 1.165) is 0 Å². The zero-order valence-electron chi connectivity index (χ0n) is 13.0. The average Bonchev–Trinajstić information content (AvgIpc) is 3.12. The first-order chi connectivity index (χ1) is 11.8. The van der Waals surface area contributed by atoms with Crippen LogP contribution in [0.15, 0.2) is 10.6 Å². The van der Waals surface area contributed by atoms with Crippen LogP contribution in [0.25, 0.3) is 0 Å². The van der Waals surface area contributed by atoms with Crippen molar-refractivity contribution >= 4 is 22.3 Å². The third-order valence-electron chi connectivity index (χ3n) is 4.02. The van der Waals surface area contributed by atoms with Gasteiger partial charge in [0.05, 0.1) is 12.1 Å². The Kier molecular flexibility index (Phi) is 4.64. The number of nitrogens with one attached hydrogen (secondary N) is 1. The molecular weight excluding hydrogens is 358 g/mol. The molecule has 138 valence electrons. The van der Waals surface area contributed by atoms with Gasteiger partial charge in [-0.2, -0.15) is 13.5 Å². The highest BCUT2D eigenvalue weighted by Crippen LogP contribution is 2.38. The lowest BCUT2D eigenvalue weighted by Crippen LogP contribution is -2.35. The fourth-order valence-electron chi connectivity index (χ4n) is 2.96. The predicted octanol–water partition coefficient (Wildman–Crippen LogP) is -0.961. The summed E-state index contributed by atoms with van der Waals surface area (Å²) in [4.78, 5) is 25.5. The van der Waals surface area contributed by atoms with Crippen molar-refractivity contribution in [2.45, 2.75) is 24.9 Å². The van der Waals surface area contributed by atoms with Crippen molar-refractivity contribution in [3.63, 3.8) is 0 Å². The van der Waals surface area contributed by atoms with Gasteiger partial charge in [0.25, 0.3) is 5.91 Å². The molecule has 4 N–H and O–H groups in total. The number of nitrogens with zero attached hydrogens (tertiary/aromatic N) is 3. The zero-order chi connectivity index (χ0) is 18.2. The maximum atomic E-state index is 12.3. The van der Waals surface area contributed by atoms with Gasteiger partial charge in [0.15, 0.2) is 0 Å². The van der Waals surface area contributed by atoms with Crippen LogP contribution in [0.1, 0.15) is 35.1 Å². The quantitative estimate of drug-likeness (QED) is 0.530. The van der Waals surface area contributed by atoms with Crippen LogP contribution in [0.2, 0.25) is 0 Å². The number of amides is 3. The Morgan fingerprint density at radius 3 is 2.96 bits per heavy atom. The molecule has 0 spiro atoms. The normalized spacial score (nSPS) is 23.2. The van der Waals surface area contributed by atoms with E-state index < -0.39 is 34.4 Å². The topological polar surface area (TPSA) is 168 Å². The third-order valence-corrected chi connectivity index (χ3v) is 4.37. The molecule has 12 nitrogen and oxygen atoms in total. The number of piperidine rings is 1. The van der Waals surface area contributed by atoms with Crippen molar-refractivity contribution in [3.05, 3.63) is 17.5 Å². The minimum atomic E-state index is -4.80. The van der Waals surface area contributed by atoms with E-state index in [-0.39, 0.29) is 25.4 Å². The highest BCUT2D eigenvalue weighted by Gasteiger charge is 2.48. The van der Waals surface area contributed by atoms with Crippen LogP contribution in [-0.2, 0) is 14.7 Å². The summed E-state index contributed by atoms with van der Waals surface area (Å²) in [5.41, 5.74) is 5.68. The van der Waals surface area contributed by atoms with Crippen LogP contribution in [0.4, 0.5) is 4.79 Å². The van der Waals surface area contributed by atoms with Gasteiger partial charge in [0.1, 0.15) is 5.69 Å². The number of carbonyl (C=O) groups excluding carboxylic acids is 2. The Morgan fingerprint density at radius 1 is 1.52 bits per heavy atom. The van der Waals surface area contributed by atoms with E-state index in [4.69, 9.17) is 14.8 Å². The summed E-state index contributed by atoms with van der Waals surface area (Å²) in [6.45, 7) is 0.774. The lowest BCUT2D eigenvalue weighted by atomic mass is 9.98. The number of carbonyl (C=O) groups is 2. The number of rotatable bonds is 6. The molecule has 1 aromatic heterocycles. The van der Waals surface area contributed by atoms with Crippen molar-refractivity contribution in [1.29, 1.82) is 0 Å². The van der Waals surface area contributed by atoms with E-state index in [2.05, 4.69) is 14.8 Å². The highest BCUT2D eigenvalue weighted by molar-refractivity contribution is 7.80. The Labute approximate surface area is 142 Å². The van der Waals surface area contributed by atoms with Gasteiger partial charge in [-0.25, -0.2) is 4.79 Å². The Morgan fingerprint density at radius 2 is 2.28 bits per heavy atom. The SMILES string of the molecule is NCCNC(=O)c1cc([C@@H]2CC[C@@H]3CN2C(=O)N3OS(=O)(=O)O)no1. The first-order valence-corrected chi connectivity index (χ1v) is 8.88. The molecule has 3 heterocycles. The molecule has 25 heavy (non-hydrogen) atoms. The molecule has 0 aromatic carbocycles. The lowest BCUT2D eigenvalue weighted by Gasteiger charge is -2.28. The maximum Gasteiger partial charge on any atom is 0.418 e. The second-order valence-electron chi connectivity index (χ2n) is 5.67. The number of aromatic nitrogens is 1. The van der Waals surface area contributed by atoms with E-state index in [0.29, 0.717) is 23.6 Å². The molecule has 1 aromatic rings. The van der Waals surface area contributed by atoms with Gasteiger partial charge in [-0.05, 0) is 12.8 Å². The fraction of sp³-hybridized carbons (Fsp3) is 0.583. The summed E-state index contributed by atoms with van der Waals surface area (Å²) in [5, 5.41) is 7.01. The van der Waals surface area contributed by atoms with Gasteiger partial charge < -0.3 is 20.5 Å². The summed E-state index contributed by atoms with van der Waals surface area (Å²) in [7, 11) is -4.80. The molecule has 0 radical (unpaired) electrons. The summed E-state index contributed by atoms with van der Waals surface area (Å²) < 4.78 is 39.9. The van der Waals surface area contributed by atoms with Crippen LogP contribution >= 0.6 is 0 Å². The van der Waals surface area contributed by atoms with Crippen molar-refractivity contribution in [1.82, 2.24) is 20.4 Å². The molecule has 2 atom stereocenters. The summed E-state index contributed by atoms with van der Waals surface area (Å²) in [5.74, 6) is -0.481. The number of fused-ring (bicyclic) bond motifs is 2. The Balaban J connectivity index is 1.74. The summed E-state index contributed by atoms with van der Waals surface area (Å²) in [6, 6.07) is -0.262. The van der Waals surface area contributed by atoms with E-state index in [1.54, 1.807) is 0 Å². The fourth-order valence-corrected chi connectivity index (χ4v) is 3.35. The van der Waals surface area contributed by atoms with Crippen molar-refractivity contribution in [2.24, 2.45) is 5.73 Å². The second kappa shape index (κ2) is 6.59. The van der Waals surface area contributed by atoms with Crippen LogP contribution < -0.4 is 11.1 Å². The van der Waals surface area contributed by atoms with Crippen LogP contribution in [-0.4, -0.2) is 65.7 Å². The van der Waals surface area contributed by atoms with Crippen LogP contribution in [0.3, 0.4) is 0 Å². The molecule has 2 aliphatic rings. The molecule has 2 bridgehead atoms. The smallest absolute Gasteiger partial charge is 0.351 e. The van der Waals surface area contributed by atoms with Crippen LogP contribution in [0, 0.1) is 0 Å². The molecular formula is C12H17N5O7S. The van der Waals surface area contributed by atoms with E-state index in [1.807, 2.05) is 0 Å². The molecule has 0 aliphatic carbocycles. The van der Waals surface area contributed by atoms with E-state index in [9.17, 15) is 18.0 Å². The number of hydrogen-bond acceptors (Lipinski definition) is 8. The number of hydroxylamine groups is 2. The van der Waals surface area contributed by atoms with Gasteiger partial charge in [-0.1, -0.05) is 5.16 Å². The van der Waals surface area contributed by atoms with Crippen molar-refractivity contribution in [2.75, 3.05) is 19.6 Å². The highest BCUT2D eigenvalue weighted by atomic mass is 32.3. The first-order valence-electron chi connectivity index (χ1n) is 7.52. The molecule has 3 rings (SSSR count). The molecule has 0 saturated carbocycles. The molecule has 13 heteroatoms. The minimum absolute atomic E-state index is 0.0109. The van der Waals surface area contributed by atoms with E-state index in [1.165, 1.54) is 11.0 Å². The van der Waals surface area contributed by atoms with Crippen molar-refractivity contribution < 1.29 is 31.4 Å². The van der Waals surface area contributed by atoms with Gasteiger partial charge in [0, 0.05) is 25.7 Å². The summed E-state index contributed by atoms with van der Waals surface area (Å²) in [6.07, 6.45) is 0.905. The molecule has 2 saturated heterocycles. The standard InChI is InChI=1S/C12H17N5O7S/c13-3-4-14-11(18)10-5-8(15-23-10)9-2-1-7-6-16(9)12(19)17(7)24-25(20,21)22/h5,7,9H,1-4,6,13H2,(H,14,18)(H,20,21,22)/t7-,9+/m1/s1. The van der Waals surface area contributed by atoms with Crippen molar-refractivity contribution in [3.8, 4) is 0 Å². The van der Waals surface area contributed by atoms with Gasteiger partial charge in [0.2, 0.25) is 5.76 Å². The Hall–Kier alpha value is -2.22.